The van der Waals surface area contributed by atoms with Crippen LogP contribution in [0.25, 0.3) is 0 Å². The Bertz CT molecular complexity index is 796. The summed E-state index contributed by atoms with van der Waals surface area (Å²) in [6.45, 7) is 0.437. The molecule has 0 unspecified atom stereocenters. The molecular formula is C20H22N2O4. The standard InChI is InChI=1S/C20H22N2O4/c23-18-16-2-1-15(22(25)26)8-17(16)19(24)21(18)4-3-20-9-12-5-13(10-20)7-14(6-12)11-20/h1-2,8,12-14H,3-7,9-11H2. The maximum absolute atomic E-state index is 12.7. The number of nitro benzene ring substituents is 1. The first-order chi connectivity index (χ1) is 12.4. The predicted molar refractivity (Wildman–Crippen MR) is 93.7 cm³/mol. The monoisotopic (exact) mass is 354 g/mol. The van der Waals surface area contributed by atoms with Gasteiger partial charge in [-0.15, -0.1) is 0 Å². The first-order valence-electron chi connectivity index (χ1n) is 9.59. The van der Waals surface area contributed by atoms with E-state index in [4.69, 9.17) is 0 Å². The number of rotatable bonds is 4. The number of carbonyl (C=O) groups is 2. The van der Waals surface area contributed by atoms with E-state index in [0.717, 1.165) is 24.2 Å². The number of fused-ring (bicyclic) bond motifs is 1. The molecule has 5 aliphatic rings. The second kappa shape index (κ2) is 5.38. The molecule has 1 aromatic carbocycles. The Labute approximate surface area is 151 Å². The van der Waals surface area contributed by atoms with Crippen LogP contribution in [0, 0.1) is 33.3 Å². The van der Waals surface area contributed by atoms with Gasteiger partial charge in [-0.25, -0.2) is 0 Å². The smallest absolute Gasteiger partial charge is 0.270 e. The summed E-state index contributed by atoms with van der Waals surface area (Å²) in [6, 6.07) is 3.95. The second-order valence-corrected chi connectivity index (χ2v) is 8.92. The maximum Gasteiger partial charge on any atom is 0.270 e. The second-order valence-electron chi connectivity index (χ2n) is 8.92. The van der Waals surface area contributed by atoms with Gasteiger partial charge in [-0.2, -0.15) is 0 Å². The molecule has 136 valence electrons. The Morgan fingerprint density at radius 2 is 1.58 bits per heavy atom. The zero-order chi connectivity index (χ0) is 18.1. The first-order valence-corrected chi connectivity index (χ1v) is 9.59. The molecule has 1 aromatic rings. The van der Waals surface area contributed by atoms with Gasteiger partial charge in [0.05, 0.1) is 16.1 Å². The van der Waals surface area contributed by atoms with Gasteiger partial charge in [0.2, 0.25) is 0 Å². The van der Waals surface area contributed by atoms with Crippen molar-refractivity contribution in [2.75, 3.05) is 6.54 Å². The number of nitrogens with zero attached hydrogens (tertiary/aromatic N) is 2. The number of amides is 2. The molecule has 4 bridgehead atoms. The van der Waals surface area contributed by atoms with Gasteiger partial charge < -0.3 is 0 Å². The van der Waals surface area contributed by atoms with E-state index in [2.05, 4.69) is 0 Å². The number of hydrogen-bond acceptors (Lipinski definition) is 4. The van der Waals surface area contributed by atoms with Gasteiger partial charge in [0, 0.05) is 18.7 Å². The van der Waals surface area contributed by atoms with Crippen molar-refractivity contribution in [2.45, 2.75) is 44.9 Å². The summed E-state index contributed by atoms with van der Waals surface area (Å²) in [4.78, 5) is 37.1. The van der Waals surface area contributed by atoms with E-state index >= 15 is 0 Å². The highest BCUT2D eigenvalue weighted by Crippen LogP contribution is 2.61. The zero-order valence-electron chi connectivity index (χ0n) is 14.6. The molecule has 1 heterocycles. The van der Waals surface area contributed by atoms with Crippen molar-refractivity contribution in [1.82, 2.24) is 4.90 Å². The van der Waals surface area contributed by atoms with Crippen molar-refractivity contribution >= 4 is 17.5 Å². The topological polar surface area (TPSA) is 80.5 Å². The third-order valence-corrected chi connectivity index (χ3v) is 7.20. The fraction of sp³-hybridized carbons (Fsp3) is 0.600. The lowest BCUT2D eigenvalue weighted by Gasteiger charge is -2.57. The Hall–Kier alpha value is -2.24. The van der Waals surface area contributed by atoms with Crippen molar-refractivity contribution in [1.29, 1.82) is 0 Å². The lowest BCUT2D eigenvalue weighted by atomic mass is 9.49. The van der Waals surface area contributed by atoms with E-state index in [0.29, 0.717) is 17.5 Å². The van der Waals surface area contributed by atoms with Gasteiger partial charge in [0.1, 0.15) is 0 Å². The van der Waals surface area contributed by atoms with Gasteiger partial charge in [0.15, 0.2) is 0 Å². The summed E-state index contributed by atoms with van der Waals surface area (Å²) in [5.74, 6) is 1.84. The summed E-state index contributed by atoms with van der Waals surface area (Å²) < 4.78 is 0. The fourth-order valence-electron chi connectivity index (χ4n) is 6.54. The lowest BCUT2D eigenvalue weighted by Crippen LogP contribution is -2.47. The third kappa shape index (κ3) is 2.31. The van der Waals surface area contributed by atoms with E-state index in [1.807, 2.05) is 0 Å². The minimum Gasteiger partial charge on any atom is -0.274 e. The van der Waals surface area contributed by atoms with E-state index in [-0.39, 0.29) is 23.1 Å². The average Bonchev–Trinajstić information content (AvgIpc) is 2.82. The van der Waals surface area contributed by atoms with Gasteiger partial charge in [-0.05, 0) is 74.2 Å². The molecule has 6 heteroatoms. The summed E-state index contributed by atoms with van der Waals surface area (Å²) in [5, 5.41) is 11.0. The predicted octanol–water partition coefficient (Wildman–Crippen LogP) is 3.80. The number of benzene rings is 1. The highest BCUT2D eigenvalue weighted by atomic mass is 16.6. The molecule has 2 amide bonds. The van der Waals surface area contributed by atoms with Gasteiger partial charge in [0.25, 0.3) is 17.5 Å². The van der Waals surface area contributed by atoms with Crippen LogP contribution in [0.2, 0.25) is 0 Å². The van der Waals surface area contributed by atoms with Crippen LogP contribution in [0.4, 0.5) is 5.69 Å². The van der Waals surface area contributed by atoms with Crippen LogP contribution in [0.1, 0.15) is 65.7 Å². The molecule has 0 atom stereocenters. The highest BCUT2D eigenvalue weighted by Gasteiger charge is 2.51. The molecule has 0 saturated heterocycles. The SMILES string of the molecule is O=C1c2ccc([N+](=O)[O-])cc2C(=O)N1CCC12CC3CC(CC(C3)C1)C2. The van der Waals surface area contributed by atoms with Crippen LogP contribution < -0.4 is 0 Å². The van der Waals surface area contributed by atoms with Crippen LogP contribution in [0.5, 0.6) is 0 Å². The molecule has 6 rings (SSSR count). The van der Waals surface area contributed by atoms with Gasteiger partial charge in [-0.3, -0.25) is 24.6 Å². The van der Waals surface area contributed by atoms with Crippen LogP contribution >= 0.6 is 0 Å². The molecule has 1 aliphatic heterocycles. The Balaban J connectivity index is 1.35. The molecule has 6 nitrogen and oxygen atoms in total. The van der Waals surface area contributed by atoms with Crippen molar-refractivity contribution in [3.63, 3.8) is 0 Å². The van der Waals surface area contributed by atoms with E-state index < -0.39 is 4.92 Å². The van der Waals surface area contributed by atoms with Crippen LogP contribution in [-0.4, -0.2) is 28.2 Å². The Kier molecular flexibility index (Phi) is 3.30. The molecule has 26 heavy (non-hydrogen) atoms. The van der Waals surface area contributed by atoms with Gasteiger partial charge >= 0.3 is 0 Å². The first kappa shape index (κ1) is 16.0. The van der Waals surface area contributed by atoms with Crippen LogP contribution in [-0.2, 0) is 0 Å². The summed E-state index contributed by atoms with van der Waals surface area (Å²) in [6.07, 6.45) is 8.72. The molecule has 4 saturated carbocycles. The number of nitro groups is 1. The van der Waals surface area contributed by atoms with Crippen LogP contribution in [0.3, 0.4) is 0 Å². The molecular weight excluding hydrogens is 332 g/mol. The average molecular weight is 354 g/mol. The molecule has 4 aliphatic carbocycles. The van der Waals surface area contributed by atoms with Crippen molar-refractivity contribution in [3.05, 3.63) is 39.4 Å². The quantitative estimate of drug-likeness (QED) is 0.468. The highest BCUT2D eigenvalue weighted by molar-refractivity contribution is 6.21. The molecule has 0 radical (unpaired) electrons. The van der Waals surface area contributed by atoms with Crippen LogP contribution in [0.15, 0.2) is 18.2 Å². The zero-order valence-corrected chi connectivity index (χ0v) is 14.6. The summed E-state index contributed by atoms with van der Waals surface area (Å²) in [5.41, 5.74) is 0.629. The normalized spacial score (nSPS) is 34.5. The molecule has 0 aromatic heterocycles. The van der Waals surface area contributed by atoms with Crippen molar-refractivity contribution < 1.29 is 14.5 Å². The largest absolute Gasteiger partial charge is 0.274 e. The van der Waals surface area contributed by atoms with Crippen molar-refractivity contribution in [3.8, 4) is 0 Å². The Morgan fingerprint density at radius 3 is 2.15 bits per heavy atom. The maximum atomic E-state index is 12.7. The number of non-ortho nitro benzene ring substituents is 1. The minimum absolute atomic E-state index is 0.146. The minimum atomic E-state index is -0.532. The number of carbonyl (C=O) groups excluding carboxylic acids is 2. The van der Waals surface area contributed by atoms with Gasteiger partial charge in [-0.1, -0.05) is 0 Å². The number of imide groups is 1. The lowest BCUT2D eigenvalue weighted by molar-refractivity contribution is -0.384. The van der Waals surface area contributed by atoms with Crippen molar-refractivity contribution in [2.24, 2.45) is 23.2 Å². The summed E-state index contributed by atoms with van der Waals surface area (Å²) in [7, 11) is 0. The molecule has 0 spiro atoms. The Morgan fingerprint density at radius 1 is 1.00 bits per heavy atom. The third-order valence-electron chi connectivity index (χ3n) is 7.20. The van der Waals surface area contributed by atoms with E-state index in [1.165, 1.54) is 61.6 Å². The fourth-order valence-corrected chi connectivity index (χ4v) is 6.54. The number of hydrogen-bond donors (Lipinski definition) is 0. The molecule has 0 N–H and O–H groups in total. The van der Waals surface area contributed by atoms with E-state index in [1.54, 1.807) is 0 Å². The summed E-state index contributed by atoms with van der Waals surface area (Å²) >= 11 is 0. The molecule has 4 fully saturated rings. The van der Waals surface area contributed by atoms with E-state index in [9.17, 15) is 19.7 Å².